The Bertz CT molecular complexity index is 2500. The lowest BCUT2D eigenvalue weighted by molar-refractivity contribution is -0.538. The number of hydrogen-bond acceptors (Lipinski definition) is 6. The zero-order chi connectivity index (χ0) is 37.3. The number of aryl methyl sites for hydroxylation is 2. The smallest absolute Gasteiger partial charge is 0.241 e. The number of nitrogens with zero attached hydrogens (tertiary/aromatic N) is 4. The van der Waals surface area contributed by atoms with Crippen LogP contribution in [0, 0.1) is 27.7 Å². The van der Waals surface area contributed by atoms with E-state index < -0.39 is 0 Å². The summed E-state index contributed by atoms with van der Waals surface area (Å²) in [7, 11) is 0. The maximum absolute atomic E-state index is 6.66. The van der Waals surface area contributed by atoms with E-state index in [1.807, 2.05) is 12.1 Å². The Morgan fingerprint density at radius 2 is 0.875 bits per heavy atom. The zero-order valence-corrected chi connectivity index (χ0v) is 33.8. The Morgan fingerprint density at radius 3 is 1.27 bits per heavy atom. The SMILES string of the molecule is Cc1ccc2c(c1)nc1c(NCCCCCCNc3c(C)c(N)cc4c3nc3cc(C)ccc3[n+]4-c3ccccc3)c(C)c(N)cc1[n+]2-c1ccccc1.[Cl-].[Cl-]. The Balaban J connectivity index is 0.00000266. The predicted molar refractivity (Wildman–Crippen MR) is 225 cm³/mol. The lowest BCUT2D eigenvalue weighted by atomic mass is 10.1. The second-order valence-electron chi connectivity index (χ2n) is 14.5. The number of aromatic nitrogens is 4. The molecule has 0 fully saturated rings. The molecular weight excluding hydrogens is 735 g/mol. The second-order valence-corrected chi connectivity index (χ2v) is 14.5. The highest BCUT2D eigenvalue weighted by molar-refractivity contribution is 5.97. The third-order valence-electron chi connectivity index (χ3n) is 10.6. The van der Waals surface area contributed by atoms with Gasteiger partial charge in [-0.05, 0) is 74.9 Å². The van der Waals surface area contributed by atoms with Crippen molar-refractivity contribution >= 4 is 66.9 Å². The first-order valence-electron chi connectivity index (χ1n) is 19.0. The van der Waals surface area contributed by atoms with Crippen LogP contribution < -0.4 is 56.0 Å². The summed E-state index contributed by atoms with van der Waals surface area (Å²) in [4.78, 5) is 10.4. The number of unbranched alkanes of at least 4 members (excludes halogenated alkanes) is 3. The number of anilines is 4. The van der Waals surface area contributed by atoms with Crippen LogP contribution in [0.4, 0.5) is 22.7 Å². The third-order valence-corrected chi connectivity index (χ3v) is 10.6. The van der Waals surface area contributed by atoms with E-state index >= 15 is 0 Å². The van der Waals surface area contributed by atoms with E-state index in [9.17, 15) is 0 Å². The number of nitrogens with two attached hydrogens (primary N) is 2. The van der Waals surface area contributed by atoms with Gasteiger partial charge in [0, 0.05) is 73.0 Å². The molecule has 8 nitrogen and oxygen atoms in total. The summed E-state index contributed by atoms with van der Waals surface area (Å²) in [5.41, 5.74) is 31.3. The maximum Gasteiger partial charge on any atom is 0.241 e. The van der Waals surface area contributed by atoms with Gasteiger partial charge in [0.15, 0.2) is 11.0 Å². The van der Waals surface area contributed by atoms with Crippen LogP contribution in [0.25, 0.3) is 55.5 Å². The minimum atomic E-state index is 0. The molecule has 0 saturated heterocycles. The van der Waals surface area contributed by atoms with Crippen molar-refractivity contribution in [2.45, 2.75) is 53.4 Å². The predicted octanol–water partition coefficient (Wildman–Crippen LogP) is 3.13. The van der Waals surface area contributed by atoms with Crippen molar-refractivity contribution in [2.75, 3.05) is 35.2 Å². The Morgan fingerprint density at radius 1 is 0.482 bits per heavy atom. The number of hydrogen-bond donors (Lipinski definition) is 4. The molecule has 0 saturated carbocycles. The van der Waals surface area contributed by atoms with Crippen molar-refractivity contribution in [1.82, 2.24) is 9.97 Å². The van der Waals surface area contributed by atoms with Crippen LogP contribution in [0.15, 0.2) is 109 Å². The topological polar surface area (TPSA) is 110 Å². The van der Waals surface area contributed by atoms with E-state index in [1.54, 1.807) is 0 Å². The van der Waals surface area contributed by atoms with Gasteiger partial charge >= 0.3 is 0 Å². The van der Waals surface area contributed by atoms with Gasteiger partial charge in [0.1, 0.15) is 11.0 Å². The van der Waals surface area contributed by atoms with Crippen molar-refractivity contribution < 1.29 is 33.9 Å². The average Bonchev–Trinajstić information content (AvgIpc) is 3.17. The first-order chi connectivity index (χ1) is 26.3. The van der Waals surface area contributed by atoms with Gasteiger partial charge in [-0.25, -0.2) is 9.97 Å². The molecule has 0 amide bonds. The van der Waals surface area contributed by atoms with Gasteiger partial charge in [0.05, 0.1) is 11.4 Å². The molecule has 8 aromatic rings. The summed E-state index contributed by atoms with van der Waals surface area (Å²) < 4.78 is 4.55. The highest BCUT2D eigenvalue weighted by Gasteiger charge is 2.25. The number of rotatable bonds is 11. The minimum Gasteiger partial charge on any atom is -1.00 e. The molecule has 2 aromatic heterocycles. The molecule has 0 aliphatic rings. The summed E-state index contributed by atoms with van der Waals surface area (Å²) in [5.74, 6) is 0. The fraction of sp³-hybridized carbons (Fsp3) is 0.217. The normalized spacial score (nSPS) is 11.1. The van der Waals surface area contributed by atoms with Crippen molar-refractivity contribution in [3.05, 3.63) is 131 Å². The molecule has 2 heterocycles. The van der Waals surface area contributed by atoms with E-state index in [0.717, 1.165) is 128 Å². The molecule has 0 atom stereocenters. The van der Waals surface area contributed by atoms with E-state index in [0.29, 0.717) is 0 Å². The highest BCUT2D eigenvalue weighted by atomic mass is 35.5. The standard InChI is InChI=1S/C46H46N8.2ClH/c1-29-19-21-39-37(25-29)51-45-41(53(39)33-15-9-7-10-16-33)27-35(47)31(3)43(45)49-23-13-5-6-14-24-50-44-32(4)36(48)28-42-46(44)52-38-26-30(2)20-22-40(38)54(42)34-17-11-8-12-18-34;;/h7-12,15-22,25-28H,5-6,13-14,23-24H2,1-4H3,(H4,47,48,49,50);2*1H. The molecular formula is C46H48Cl2N8. The molecule has 10 heteroatoms. The maximum atomic E-state index is 6.66. The lowest BCUT2D eigenvalue weighted by Gasteiger charge is -2.15. The van der Waals surface area contributed by atoms with Gasteiger partial charge in [-0.2, -0.15) is 0 Å². The zero-order valence-electron chi connectivity index (χ0n) is 32.3. The van der Waals surface area contributed by atoms with Crippen LogP contribution in [0.3, 0.4) is 0 Å². The Kier molecular flexibility index (Phi) is 12.1. The van der Waals surface area contributed by atoms with Gasteiger partial charge in [0.25, 0.3) is 0 Å². The van der Waals surface area contributed by atoms with Crippen LogP contribution in [-0.2, 0) is 0 Å². The molecule has 0 bridgehead atoms. The van der Waals surface area contributed by atoms with Gasteiger partial charge in [-0.1, -0.05) is 61.4 Å². The second kappa shape index (κ2) is 17.0. The lowest BCUT2D eigenvalue weighted by Crippen LogP contribution is -3.00. The fourth-order valence-corrected chi connectivity index (χ4v) is 7.61. The molecule has 0 aliphatic heterocycles. The van der Waals surface area contributed by atoms with Crippen molar-refractivity contribution in [3.63, 3.8) is 0 Å². The van der Waals surface area contributed by atoms with Crippen LogP contribution in [0.1, 0.15) is 47.9 Å². The van der Waals surface area contributed by atoms with Crippen LogP contribution in [-0.4, -0.2) is 23.1 Å². The average molecular weight is 784 g/mol. The van der Waals surface area contributed by atoms with Crippen molar-refractivity contribution in [3.8, 4) is 11.4 Å². The van der Waals surface area contributed by atoms with E-state index in [2.05, 4.69) is 145 Å². The summed E-state index contributed by atoms with van der Waals surface area (Å²) >= 11 is 0. The number of halogens is 2. The summed E-state index contributed by atoms with van der Waals surface area (Å²) in [6, 6.07) is 37.9. The first kappa shape index (κ1) is 40.0. The Labute approximate surface area is 340 Å². The number of nitrogens with one attached hydrogen (secondary N) is 2. The molecule has 0 spiro atoms. The first-order valence-corrected chi connectivity index (χ1v) is 19.0. The molecule has 0 unspecified atom stereocenters. The fourth-order valence-electron chi connectivity index (χ4n) is 7.61. The molecule has 56 heavy (non-hydrogen) atoms. The number of benzene rings is 6. The molecule has 0 radical (unpaired) electrons. The van der Waals surface area contributed by atoms with E-state index in [1.165, 1.54) is 11.1 Å². The van der Waals surface area contributed by atoms with Gasteiger partial charge in [0.2, 0.25) is 33.4 Å². The van der Waals surface area contributed by atoms with Crippen LogP contribution >= 0.6 is 0 Å². The minimum absolute atomic E-state index is 0. The largest absolute Gasteiger partial charge is 1.00 e. The molecule has 8 rings (SSSR count). The number of fused-ring (bicyclic) bond motifs is 4. The van der Waals surface area contributed by atoms with Crippen LogP contribution in [0.5, 0.6) is 0 Å². The van der Waals surface area contributed by atoms with Gasteiger partial charge in [-0.3, -0.25) is 0 Å². The number of nitrogen functional groups attached to an aromatic ring is 2. The van der Waals surface area contributed by atoms with E-state index in [4.69, 9.17) is 21.4 Å². The number of para-hydroxylation sites is 2. The van der Waals surface area contributed by atoms with Crippen molar-refractivity contribution in [2.24, 2.45) is 0 Å². The highest BCUT2D eigenvalue weighted by Crippen LogP contribution is 2.33. The van der Waals surface area contributed by atoms with Gasteiger partial charge in [-0.15, -0.1) is 9.13 Å². The van der Waals surface area contributed by atoms with Crippen LogP contribution in [0.2, 0.25) is 0 Å². The molecule has 6 N–H and O–H groups in total. The quantitative estimate of drug-likeness (QED) is 0.0696. The summed E-state index contributed by atoms with van der Waals surface area (Å²) in [6.45, 7) is 10.1. The summed E-state index contributed by atoms with van der Waals surface area (Å²) in [6.07, 6.45) is 4.26. The Hall–Kier alpha value is -5.70. The summed E-state index contributed by atoms with van der Waals surface area (Å²) in [5, 5.41) is 7.49. The molecule has 6 aromatic carbocycles. The monoisotopic (exact) mass is 782 g/mol. The molecule has 286 valence electrons. The molecule has 0 aliphatic carbocycles. The van der Waals surface area contributed by atoms with Crippen molar-refractivity contribution in [1.29, 1.82) is 0 Å². The van der Waals surface area contributed by atoms with E-state index in [-0.39, 0.29) is 24.8 Å². The third kappa shape index (κ3) is 7.59. The van der Waals surface area contributed by atoms with Gasteiger partial charge < -0.3 is 46.9 Å².